The molecule has 0 aliphatic heterocycles. The van der Waals surface area contributed by atoms with Crippen molar-refractivity contribution in [1.29, 1.82) is 0 Å². The molecule has 0 amide bonds. The molecule has 2 saturated carbocycles. The molecule has 2 aliphatic carbocycles. The first kappa shape index (κ1) is 25.7. The van der Waals surface area contributed by atoms with E-state index < -0.39 is 0 Å². The predicted octanol–water partition coefficient (Wildman–Crippen LogP) is 2.20. The molecule has 0 aromatic rings. The molecular formula is C16H32Cl2N2O4. The van der Waals surface area contributed by atoms with Crippen LogP contribution < -0.4 is 11.5 Å². The lowest BCUT2D eigenvalue weighted by Gasteiger charge is -2.24. The van der Waals surface area contributed by atoms with E-state index in [1.807, 2.05) is 0 Å². The van der Waals surface area contributed by atoms with Gasteiger partial charge in [-0.3, -0.25) is 9.59 Å². The number of ether oxygens (including phenoxy) is 2. The van der Waals surface area contributed by atoms with Crippen LogP contribution in [-0.4, -0.2) is 38.2 Å². The molecule has 2 aliphatic rings. The summed E-state index contributed by atoms with van der Waals surface area (Å²) in [4.78, 5) is 22.1. The van der Waals surface area contributed by atoms with E-state index in [4.69, 9.17) is 11.5 Å². The van der Waals surface area contributed by atoms with Crippen LogP contribution in [0.1, 0.15) is 51.4 Å². The van der Waals surface area contributed by atoms with Gasteiger partial charge in [0.1, 0.15) is 0 Å². The van der Waals surface area contributed by atoms with Crippen LogP contribution in [0.5, 0.6) is 0 Å². The second kappa shape index (κ2) is 13.7. The van der Waals surface area contributed by atoms with Crippen LogP contribution in [0, 0.1) is 11.8 Å². The summed E-state index contributed by atoms with van der Waals surface area (Å²) < 4.78 is 9.29. The van der Waals surface area contributed by atoms with Gasteiger partial charge < -0.3 is 20.9 Å². The minimum Gasteiger partial charge on any atom is -0.469 e. The number of nitrogens with two attached hydrogens (primary N) is 2. The molecule has 4 N–H and O–H groups in total. The van der Waals surface area contributed by atoms with E-state index in [1.54, 1.807) is 0 Å². The Morgan fingerprint density at radius 2 is 1.08 bits per heavy atom. The van der Waals surface area contributed by atoms with Gasteiger partial charge in [0.2, 0.25) is 0 Å². The monoisotopic (exact) mass is 386 g/mol. The number of hydrogen-bond donors (Lipinski definition) is 2. The average molecular weight is 387 g/mol. The van der Waals surface area contributed by atoms with Crippen molar-refractivity contribution in [2.75, 3.05) is 14.2 Å². The van der Waals surface area contributed by atoms with E-state index >= 15 is 0 Å². The zero-order valence-corrected chi connectivity index (χ0v) is 16.2. The lowest BCUT2D eigenvalue weighted by Crippen LogP contribution is -2.32. The summed E-state index contributed by atoms with van der Waals surface area (Å²) in [6.07, 6.45) is 7.70. The molecule has 2 rings (SSSR count). The van der Waals surface area contributed by atoms with Crippen LogP contribution in [0.15, 0.2) is 0 Å². The summed E-state index contributed by atoms with van der Waals surface area (Å²) in [5.74, 6) is -0.0761. The molecule has 8 heteroatoms. The Morgan fingerprint density at radius 1 is 0.750 bits per heavy atom. The Kier molecular flexibility index (Phi) is 14.7. The summed E-state index contributed by atoms with van der Waals surface area (Å²) in [7, 11) is 2.87. The first-order valence-electron chi connectivity index (χ1n) is 8.14. The third-order valence-electron chi connectivity index (χ3n) is 4.50. The number of rotatable bonds is 2. The van der Waals surface area contributed by atoms with Crippen molar-refractivity contribution in [3.8, 4) is 0 Å². The van der Waals surface area contributed by atoms with Crippen molar-refractivity contribution in [2.24, 2.45) is 23.3 Å². The summed E-state index contributed by atoms with van der Waals surface area (Å²) in [5.41, 5.74) is 11.4. The van der Waals surface area contributed by atoms with Gasteiger partial charge >= 0.3 is 11.9 Å². The Bertz CT molecular complexity index is 338. The third-order valence-corrected chi connectivity index (χ3v) is 4.50. The number of carbonyl (C=O) groups excluding carboxylic acids is 2. The van der Waals surface area contributed by atoms with E-state index in [0.717, 1.165) is 51.4 Å². The maximum absolute atomic E-state index is 11.0. The van der Waals surface area contributed by atoms with Crippen LogP contribution in [-0.2, 0) is 19.1 Å². The van der Waals surface area contributed by atoms with Crippen molar-refractivity contribution in [1.82, 2.24) is 0 Å². The van der Waals surface area contributed by atoms with Gasteiger partial charge in [0, 0.05) is 12.1 Å². The number of hydrogen-bond acceptors (Lipinski definition) is 6. The average Bonchev–Trinajstić information content (AvgIpc) is 2.54. The highest BCUT2D eigenvalue weighted by Crippen LogP contribution is 2.24. The van der Waals surface area contributed by atoms with Gasteiger partial charge in [0.15, 0.2) is 0 Å². The van der Waals surface area contributed by atoms with Gasteiger partial charge in [-0.2, -0.15) is 0 Å². The topological polar surface area (TPSA) is 105 Å². The van der Waals surface area contributed by atoms with Crippen molar-refractivity contribution in [3.63, 3.8) is 0 Å². The second-order valence-electron chi connectivity index (χ2n) is 6.29. The SMILES string of the molecule is COC(=O)[C@@H]1CCC[C@@H](N)C1.COC(=O)[C@H]1CCC[C@H](N)C1.Cl.Cl. The molecule has 0 aromatic heterocycles. The predicted molar refractivity (Wildman–Crippen MR) is 98.4 cm³/mol. The van der Waals surface area contributed by atoms with Crippen LogP contribution in [0.4, 0.5) is 0 Å². The van der Waals surface area contributed by atoms with E-state index in [2.05, 4.69) is 9.47 Å². The summed E-state index contributed by atoms with van der Waals surface area (Å²) >= 11 is 0. The molecule has 0 unspecified atom stereocenters. The number of carbonyl (C=O) groups is 2. The van der Waals surface area contributed by atoms with Crippen LogP contribution in [0.2, 0.25) is 0 Å². The molecule has 4 atom stereocenters. The summed E-state index contributed by atoms with van der Waals surface area (Å²) in [5, 5.41) is 0. The van der Waals surface area contributed by atoms with Gasteiger partial charge in [0.05, 0.1) is 26.1 Å². The minimum absolute atomic E-state index is 0. The van der Waals surface area contributed by atoms with Gasteiger partial charge in [0.25, 0.3) is 0 Å². The Hall–Kier alpha value is -0.560. The zero-order chi connectivity index (χ0) is 16.5. The lowest BCUT2D eigenvalue weighted by atomic mass is 9.86. The van der Waals surface area contributed by atoms with Crippen molar-refractivity contribution >= 4 is 36.8 Å². The number of halogens is 2. The molecule has 0 heterocycles. The van der Waals surface area contributed by atoms with Gasteiger partial charge in [-0.05, 0) is 38.5 Å². The number of methoxy groups -OCH3 is 2. The molecule has 144 valence electrons. The van der Waals surface area contributed by atoms with Gasteiger partial charge in [-0.25, -0.2) is 0 Å². The molecule has 0 saturated heterocycles. The molecule has 0 radical (unpaired) electrons. The quantitative estimate of drug-likeness (QED) is 0.704. The number of esters is 2. The Morgan fingerprint density at radius 3 is 1.33 bits per heavy atom. The first-order chi connectivity index (χ1) is 10.5. The van der Waals surface area contributed by atoms with Crippen LogP contribution >= 0.6 is 24.8 Å². The van der Waals surface area contributed by atoms with E-state index in [1.165, 1.54) is 14.2 Å². The van der Waals surface area contributed by atoms with Crippen molar-refractivity contribution < 1.29 is 19.1 Å². The van der Waals surface area contributed by atoms with Crippen molar-refractivity contribution in [3.05, 3.63) is 0 Å². The van der Waals surface area contributed by atoms with Crippen LogP contribution in [0.3, 0.4) is 0 Å². The zero-order valence-electron chi connectivity index (χ0n) is 14.6. The fraction of sp³-hybridized carbons (Fsp3) is 0.875. The van der Waals surface area contributed by atoms with E-state index in [9.17, 15) is 9.59 Å². The largest absolute Gasteiger partial charge is 0.469 e. The van der Waals surface area contributed by atoms with E-state index in [-0.39, 0.29) is 60.7 Å². The van der Waals surface area contributed by atoms with Gasteiger partial charge in [-0.1, -0.05) is 12.8 Å². The maximum atomic E-state index is 11.0. The molecule has 0 aromatic carbocycles. The van der Waals surface area contributed by atoms with Crippen LogP contribution in [0.25, 0.3) is 0 Å². The highest BCUT2D eigenvalue weighted by Gasteiger charge is 2.26. The highest BCUT2D eigenvalue weighted by molar-refractivity contribution is 5.85. The second-order valence-corrected chi connectivity index (χ2v) is 6.29. The third kappa shape index (κ3) is 9.06. The molecule has 6 nitrogen and oxygen atoms in total. The summed E-state index contributed by atoms with van der Waals surface area (Å²) in [6, 6.07) is 0.403. The maximum Gasteiger partial charge on any atom is 0.308 e. The smallest absolute Gasteiger partial charge is 0.308 e. The fourth-order valence-electron chi connectivity index (χ4n) is 3.22. The molecule has 24 heavy (non-hydrogen) atoms. The van der Waals surface area contributed by atoms with Crippen molar-refractivity contribution in [2.45, 2.75) is 63.5 Å². The standard InChI is InChI=1S/2C8H15NO2.2ClH/c2*1-11-8(10)6-3-2-4-7(9)5-6;;/h2*6-7H,2-5,9H2,1H3;2*1H/t2*6-,7-;;/m10../s1. The Labute approximate surface area is 157 Å². The molecule has 0 bridgehead atoms. The highest BCUT2D eigenvalue weighted by atomic mass is 35.5. The molecule has 2 fully saturated rings. The lowest BCUT2D eigenvalue weighted by molar-refractivity contribution is -0.147. The minimum atomic E-state index is -0.0971. The molecular weight excluding hydrogens is 355 g/mol. The van der Waals surface area contributed by atoms with E-state index in [0.29, 0.717) is 0 Å². The Balaban J connectivity index is 0. The first-order valence-corrected chi connectivity index (χ1v) is 8.14. The fourth-order valence-corrected chi connectivity index (χ4v) is 3.22. The summed E-state index contributed by atoms with van der Waals surface area (Å²) in [6.45, 7) is 0. The molecule has 0 spiro atoms. The van der Waals surface area contributed by atoms with Gasteiger partial charge in [-0.15, -0.1) is 24.8 Å². The normalized spacial score (nSPS) is 28.8.